The van der Waals surface area contributed by atoms with Gasteiger partial charge in [-0.05, 0) is 36.1 Å². The minimum Gasteiger partial charge on any atom is -0.497 e. The van der Waals surface area contributed by atoms with Crippen molar-refractivity contribution in [2.45, 2.75) is 25.8 Å². The third-order valence-corrected chi connectivity index (χ3v) is 3.52. The lowest BCUT2D eigenvalue weighted by molar-refractivity contribution is -0.141. The lowest BCUT2D eigenvalue weighted by Gasteiger charge is -2.14. The summed E-state index contributed by atoms with van der Waals surface area (Å²) >= 11 is 0. The molecule has 0 amide bonds. The van der Waals surface area contributed by atoms with Crippen molar-refractivity contribution < 1.29 is 14.6 Å². The molecule has 2 rings (SSSR count). The van der Waals surface area contributed by atoms with Gasteiger partial charge >= 0.3 is 5.97 Å². The summed E-state index contributed by atoms with van der Waals surface area (Å²) < 4.78 is 5.29. The average molecular weight is 249 g/mol. The zero-order chi connectivity index (χ0) is 13.1. The van der Waals surface area contributed by atoms with E-state index in [-0.39, 0.29) is 12.0 Å². The largest absolute Gasteiger partial charge is 0.497 e. The van der Waals surface area contributed by atoms with Crippen LogP contribution in [0.5, 0.6) is 5.75 Å². The van der Waals surface area contributed by atoms with E-state index in [0.29, 0.717) is 13.0 Å². The van der Waals surface area contributed by atoms with Gasteiger partial charge in [-0.2, -0.15) is 0 Å². The van der Waals surface area contributed by atoms with Crippen molar-refractivity contribution in [2.24, 2.45) is 5.92 Å². The van der Waals surface area contributed by atoms with Gasteiger partial charge in [-0.1, -0.05) is 13.0 Å². The van der Waals surface area contributed by atoms with Gasteiger partial charge in [0, 0.05) is 12.6 Å². The normalized spacial score (nSPS) is 23.0. The number of nitrogens with one attached hydrogen (secondary N) is 1. The summed E-state index contributed by atoms with van der Waals surface area (Å²) in [6.45, 7) is 2.64. The predicted molar refractivity (Wildman–Crippen MR) is 68.9 cm³/mol. The first-order valence-electron chi connectivity index (χ1n) is 6.28. The Morgan fingerprint density at radius 2 is 2.28 bits per heavy atom. The number of carboxylic acid groups (broad SMARTS) is 1. The number of carboxylic acids is 1. The second kappa shape index (κ2) is 5.40. The minimum absolute atomic E-state index is 0.117. The van der Waals surface area contributed by atoms with Gasteiger partial charge < -0.3 is 15.2 Å². The molecule has 0 spiro atoms. The second-order valence-electron chi connectivity index (χ2n) is 4.70. The fourth-order valence-corrected chi connectivity index (χ4v) is 2.39. The molecule has 2 N–H and O–H groups in total. The highest BCUT2D eigenvalue weighted by atomic mass is 16.5. The standard InChI is InChI=1S/C14H19NO3/c1-3-9-4-10(6-12(5-9)18-2)13-7-11(8-15-13)14(16)17/h4-6,11,13,15H,3,7-8H2,1-2H3,(H,16,17). The molecule has 2 atom stereocenters. The van der Waals surface area contributed by atoms with E-state index in [1.54, 1.807) is 7.11 Å². The topological polar surface area (TPSA) is 58.6 Å². The molecule has 1 fully saturated rings. The average Bonchev–Trinajstić information content (AvgIpc) is 2.87. The molecular formula is C14H19NO3. The summed E-state index contributed by atoms with van der Waals surface area (Å²) in [5, 5.41) is 12.3. The SMILES string of the molecule is CCc1cc(OC)cc(C2CC(C(=O)O)CN2)c1. The first-order valence-corrected chi connectivity index (χ1v) is 6.28. The van der Waals surface area contributed by atoms with E-state index < -0.39 is 5.97 Å². The molecule has 1 heterocycles. The zero-order valence-corrected chi connectivity index (χ0v) is 10.8. The Labute approximate surface area is 107 Å². The molecule has 0 bridgehead atoms. The molecule has 0 radical (unpaired) electrons. The number of aryl methyl sites for hydroxylation is 1. The Hall–Kier alpha value is -1.55. The van der Waals surface area contributed by atoms with Crippen LogP contribution < -0.4 is 10.1 Å². The second-order valence-corrected chi connectivity index (χ2v) is 4.70. The van der Waals surface area contributed by atoms with Crippen molar-refractivity contribution in [3.8, 4) is 5.75 Å². The van der Waals surface area contributed by atoms with E-state index >= 15 is 0 Å². The third kappa shape index (κ3) is 2.64. The number of hydrogen-bond donors (Lipinski definition) is 2. The molecule has 4 heteroatoms. The van der Waals surface area contributed by atoms with Gasteiger partial charge in [-0.25, -0.2) is 0 Å². The van der Waals surface area contributed by atoms with Crippen LogP contribution in [0, 0.1) is 5.92 Å². The van der Waals surface area contributed by atoms with Gasteiger partial charge in [0.25, 0.3) is 0 Å². The van der Waals surface area contributed by atoms with E-state index in [0.717, 1.165) is 17.7 Å². The maximum absolute atomic E-state index is 11.0. The van der Waals surface area contributed by atoms with Crippen molar-refractivity contribution in [1.29, 1.82) is 0 Å². The first-order chi connectivity index (χ1) is 8.63. The lowest BCUT2D eigenvalue weighted by atomic mass is 9.97. The molecule has 1 saturated heterocycles. The fourth-order valence-electron chi connectivity index (χ4n) is 2.39. The Morgan fingerprint density at radius 1 is 1.50 bits per heavy atom. The number of rotatable bonds is 4. The summed E-state index contributed by atoms with van der Waals surface area (Å²) in [6, 6.07) is 6.25. The molecule has 1 aliphatic rings. The lowest BCUT2D eigenvalue weighted by Crippen LogP contribution is -2.17. The molecule has 1 aromatic carbocycles. The van der Waals surface area contributed by atoms with Crippen LogP contribution in [0.4, 0.5) is 0 Å². The van der Waals surface area contributed by atoms with E-state index in [9.17, 15) is 4.79 Å². The van der Waals surface area contributed by atoms with Crippen LogP contribution in [0.3, 0.4) is 0 Å². The highest BCUT2D eigenvalue weighted by Crippen LogP contribution is 2.30. The Bertz CT molecular complexity index is 422. The van der Waals surface area contributed by atoms with Gasteiger partial charge in [0.05, 0.1) is 13.0 Å². The van der Waals surface area contributed by atoms with Crippen molar-refractivity contribution >= 4 is 5.97 Å². The number of carbonyl (C=O) groups is 1. The summed E-state index contributed by atoms with van der Waals surface area (Å²) in [6.07, 6.45) is 1.59. The molecule has 2 unspecified atom stereocenters. The smallest absolute Gasteiger partial charge is 0.307 e. The van der Waals surface area contributed by atoms with E-state index in [4.69, 9.17) is 9.84 Å². The van der Waals surface area contributed by atoms with E-state index in [1.165, 1.54) is 5.56 Å². The molecule has 1 aliphatic heterocycles. The molecule has 0 aromatic heterocycles. The summed E-state index contributed by atoms with van der Waals surface area (Å²) in [5.41, 5.74) is 2.33. The molecule has 18 heavy (non-hydrogen) atoms. The number of methoxy groups -OCH3 is 1. The molecule has 98 valence electrons. The molecule has 4 nitrogen and oxygen atoms in total. The van der Waals surface area contributed by atoms with Gasteiger partial charge in [-0.15, -0.1) is 0 Å². The maximum atomic E-state index is 11.0. The molecule has 0 aliphatic carbocycles. The minimum atomic E-state index is -0.719. The van der Waals surface area contributed by atoms with Gasteiger partial charge in [0.2, 0.25) is 0 Å². The van der Waals surface area contributed by atoms with Crippen LogP contribution in [-0.4, -0.2) is 24.7 Å². The van der Waals surface area contributed by atoms with Gasteiger partial charge in [0.15, 0.2) is 0 Å². The van der Waals surface area contributed by atoms with Crippen LogP contribution >= 0.6 is 0 Å². The van der Waals surface area contributed by atoms with Crippen molar-refractivity contribution in [3.63, 3.8) is 0 Å². The number of benzene rings is 1. The Morgan fingerprint density at radius 3 is 2.83 bits per heavy atom. The number of hydrogen-bond acceptors (Lipinski definition) is 3. The van der Waals surface area contributed by atoms with Gasteiger partial charge in [-0.3, -0.25) is 4.79 Å². The monoisotopic (exact) mass is 249 g/mol. The first kappa shape index (κ1) is 12.9. The van der Waals surface area contributed by atoms with Crippen molar-refractivity contribution in [2.75, 3.05) is 13.7 Å². The predicted octanol–water partition coefficient (Wildman–Crippen LogP) is 1.99. The van der Waals surface area contributed by atoms with Crippen LogP contribution in [0.1, 0.15) is 30.5 Å². The Kier molecular flexibility index (Phi) is 3.87. The van der Waals surface area contributed by atoms with Crippen LogP contribution in [-0.2, 0) is 11.2 Å². The van der Waals surface area contributed by atoms with E-state index in [2.05, 4.69) is 18.3 Å². The van der Waals surface area contributed by atoms with Crippen LogP contribution in [0.2, 0.25) is 0 Å². The van der Waals surface area contributed by atoms with E-state index in [1.807, 2.05) is 12.1 Å². The van der Waals surface area contributed by atoms with Crippen LogP contribution in [0.25, 0.3) is 0 Å². The zero-order valence-electron chi connectivity index (χ0n) is 10.8. The number of ether oxygens (including phenoxy) is 1. The summed E-state index contributed by atoms with van der Waals surface area (Å²) in [4.78, 5) is 11.0. The van der Waals surface area contributed by atoms with Crippen LogP contribution in [0.15, 0.2) is 18.2 Å². The Balaban J connectivity index is 2.20. The summed E-state index contributed by atoms with van der Waals surface area (Å²) in [5.74, 6) is -0.167. The van der Waals surface area contributed by atoms with Gasteiger partial charge in [0.1, 0.15) is 5.75 Å². The molecule has 1 aromatic rings. The third-order valence-electron chi connectivity index (χ3n) is 3.52. The fraction of sp³-hybridized carbons (Fsp3) is 0.500. The van der Waals surface area contributed by atoms with Crippen molar-refractivity contribution in [1.82, 2.24) is 5.32 Å². The molecule has 0 saturated carbocycles. The summed E-state index contributed by atoms with van der Waals surface area (Å²) in [7, 11) is 1.65. The molecular weight excluding hydrogens is 230 g/mol. The van der Waals surface area contributed by atoms with Crippen molar-refractivity contribution in [3.05, 3.63) is 29.3 Å². The number of aliphatic carboxylic acids is 1. The highest BCUT2D eigenvalue weighted by molar-refractivity contribution is 5.70. The maximum Gasteiger partial charge on any atom is 0.307 e. The highest BCUT2D eigenvalue weighted by Gasteiger charge is 2.30. The quantitative estimate of drug-likeness (QED) is 0.856.